The van der Waals surface area contributed by atoms with Gasteiger partial charge < -0.3 is 14.2 Å². The Labute approximate surface area is 235 Å². The number of hydrogen-bond donors (Lipinski definition) is 1. The number of aryl methyl sites for hydroxylation is 2. The van der Waals surface area contributed by atoms with E-state index in [0.717, 1.165) is 33.7 Å². The Balaban J connectivity index is 1.74. The molecule has 200 valence electrons. The number of nitriles is 1. The van der Waals surface area contributed by atoms with Gasteiger partial charge in [0.15, 0.2) is 0 Å². The van der Waals surface area contributed by atoms with Crippen molar-refractivity contribution >= 4 is 17.0 Å². The lowest BCUT2D eigenvalue weighted by Gasteiger charge is -2.31. The van der Waals surface area contributed by atoms with Gasteiger partial charge in [-0.1, -0.05) is 17.3 Å². The number of carboxylic acids is 1. The minimum absolute atomic E-state index is 0.0736. The Hall–Kier alpha value is -5.62. The molecule has 9 heteroatoms. The molecule has 0 aliphatic carbocycles. The molecule has 0 unspecified atom stereocenters. The molecule has 6 rings (SSSR count). The zero-order chi connectivity index (χ0) is 28.7. The number of aromatic nitrogens is 5. The first-order chi connectivity index (χ1) is 19.8. The van der Waals surface area contributed by atoms with Crippen LogP contribution in [0.15, 0.2) is 90.0 Å². The highest BCUT2D eigenvalue weighted by Crippen LogP contribution is 2.41. The van der Waals surface area contributed by atoms with Crippen LogP contribution in [0.25, 0.3) is 33.3 Å². The van der Waals surface area contributed by atoms with Crippen molar-refractivity contribution in [2.45, 2.75) is 26.3 Å². The highest BCUT2D eigenvalue weighted by Gasteiger charge is 2.36. The van der Waals surface area contributed by atoms with Gasteiger partial charge in [-0.15, -0.1) is 0 Å². The predicted octanol–water partition coefficient (Wildman–Crippen LogP) is 6.15. The molecule has 5 heterocycles. The number of benzene rings is 1. The lowest BCUT2D eigenvalue weighted by atomic mass is 9.91. The maximum Gasteiger partial charge on any atom is 0.335 e. The third-order valence-corrected chi connectivity index (χ3v) is 7.45. The predicted molar refractivity (Wildman–Crippen MR) is 152 cm³/mol. The van der Waals surface area contributed by atoms with Gasteiger partial charge in [0.25, 0.3) is 0 Å². The summed E-state index contributed by atoms with van der Waals surface area (Å²) in [5.41, 5.74) is 5.79. The molecule has 0 aliphatic rings. The van der Waals surface area contributed by atoms with Crippen molar-refractivity contribution < 1.29 is 14.4 Å². The number of nitrogens with zero attached hydrogens (tertiary/aromatic N) is 6. The summed E-state index contributed by atoms with van der Waals surface area (Å²) in [5.74, 6) is -0.417. The van der Waals surface area contributed by atoms with E-state index in [2.05, 4.69) is 11.2 Å². The van der Waals surface area contributed by atoms with E-state index in [1.807, 2.05) is 74.0 Å². The third-order valence-electron chi connectivity index (χ3n) is 7.45. The fourth-order valence-corrected chi connectivity index (χ4v) is 5.38. The molecular weight excluding hydrogens is 516 g/mol. The molecule has 0 aliphatic heterocycles. The minimum Gasteiger partial charge on any atom is -0.478 e. The number of carbonyl (C=O) groups is 1. The second-order valence-electron chi connectivity index (χ2n) is 9.88. The van der Waals surface area contributed by atoms with Gasteiger partial charge in [0.1, 0.15) is 11.3 Å². The molecule has 1 N–H and O–H groups in total. The summed E-state index contributed by atoms with van der Waals surface area (Å²) in [4.78, 5) is 26.2. The molecule has 1 aromatic carbocycles. The van der Waals surface area contributed by atoms with E-state index in [0.29, 0.717) is 28.0 Å². The van der Waals surface area contributed by atoms with Gasteiger partial charge in [0, 0.05) is 47.0 Å². The van der Waals surface area contributed by atoms with Crippen LogP contribution in [0.2, 0.25) is 0 Å². The number of aromatic carboxylic acids is 1. The van der Waals surface area contributed by atoms with E-state index in [1.165, 1.54) is 18.2 Å². The summed E-state index contributed by atoms with van der Waals surface area (Å²) < 4.78 is 7.49. The van der Waals surface area contributed by atoms with Crippen LogP contribution in [0.1, 0.15) is 45.7 Å². The van der Waals surface area contributed by atoms with Crippen LogP contribution in [0.3, 0.4) is 0 Å². The van der Waals surface area contributed by atoms with Crippen molar-refractivity contribution in [1.82, 2.24) is 24.7 Å². The second kappa shape index (κ2) is 9.84. The molecule has 0 amide bonds. The molecule has 6 aromatic rings. The van der Waals surface area contributed by atoms with Crippen molar-refractivity contribution in [2.75, 3.05) is 0 Å². The monoisotopic (exact) mass is 540 g/mol. The fraction of sp³-hybridized carbons (Fsp3) is 0.125. The smallest absolute Gasteiger partial charge is 0.335 e. The maximum atomic E-state index is 11.9. The van der Waals surface area contributed by atoms with Crippen molar-refractivity contribution in [3.63, 3.8) is 0 Å². The molecule has 0 fully saturated rings. The molecular formula is C32H24N6O3. The first kappa shape index (κ1) is 25.6. The van der Waals surface area contributed by atoms with Crippen molar-refractivity contribution in [3.8, 4) is 28.3 Å². The zero-order valence-electron chi connectivity index (χ0n) is 22.5. The van der Waals surface area contributed by atoms with Crippen LogP contribution in [-0.2, 0) is 5.54 Å². The van der Waals surface area contributed by atoms with Crippen molar-refractivity contribution in [1.29, 1.82) is 5.26 Å². The molecule has 0 spiro atoms. The van der Waals surface area contributed by atoms with Crippen LogP contribution < -0.4 is 0 Å². The summed E-state index contributed by atoms with van der Waals surface area (Å²) in [7, 11) is 0. The summed E-state index contributed by atoms with van der Waals surface area (Å²) in [6, 6.07) is 20.1. The quantitative estimate of drug-likeness (QED) is 0.266. The second-order valence-corrected chi connectivity index (χ2v) is 9.88. The summed E-state index contributed by atoms with van der Waals surface area (Å²) in [6.07, 6.45) is 7.12. The van der Waals surface area contributed by atoms with Gasteiger partial charge in [-0.3, -0.25) is 15.0 Å². The van der Waals surface area contributed by atoms with Gasteiger partial charge >= 0.3 is 5.97 Å². The maximum absolute atomic E-state index is 11.9. The van der Waals surface area contributed by atoms with Crippen LogP contribution in [0.5, 0.6) is 0 Å². The summed E-state index contributed by atoms with van der Waals surface area (Å²) in [5, 5.41) is 23.8. The average molecular weight is 541 g/mol. The van der Waals surface area contributed by atoms with Gasteiger partial charge in [0.2, 0.25) is 0 Å². The molecule has 9 nitrogen and oxygen atoms in total. The third kappa shape index (κ3) is 4.13. The van der Waals surface area contributed by atoms with Gasteiger partial charge in [-0.2, -0.15) is 5.26 Å². The Morgan fingerprint density at radius 3 is 2.24 bits per heavy atom. The van der Waals surface area contributed by atoms with Crippen LogP contribution >= 0.6 is 0 Å². The SMILES string of the molecule is Cc1noc(C)c1-c1cnc2c(-c3cc(C(=O)O)ccc3C#N)cn(C(C)(c3ccccn3)c3ccccn3)c2c1. The van der Waals surface area contributed by atoms with E-state index in [4.69, 9.17) is 19.5 Å². The Bertz CT molecular complexity index is 1910. The Kier molecular flexibility index (Phi) is 6.16. The van der Waals surface area contributed by atoms with Gasteiger partial charge in [0.05, 0.1) is 45.3 Å². The number of rotatable bonds is 6. The molecule has 41 heavy (non-hydrogen) atoms. The van der Waals surface area contributed by atoms with E-state index in [-0.39, 0.29) is 5.56 Å². The highest BCUT2D eigenvalue weighted by atomic mass is 16.5. The van der Waals surface area contributed by atoms with E-state index >= 15 is 0 Å². The van der Waals surface area contributed by atoms with Gasteiger partial charge in [-0.25, -0.2) is 4.79 Å². The zero-order valence-corrected chi connectivity index (χ0v) is 22.5. The van der Waals surface area contributed by atoms with E-state index in [9.17, 15) is 15.2 Å². The molecule has 0 atom stereocenters. The fourth-order valence-electron chi connectivity index (χ4n) is 5.38. The van der Waals surface area contributed by atoms with Crippen molar-refractivity contribution in [2.24, 2.45) is 0 Å². The normalized spacial score (nSPS) is 11.5. The number of fused-ring (bicyclic) bond motifs is 1. The Morgan fingerprint density at radius 1 is 0.976 bits per heavy atom. The first-order valence-electron chi connectivity index (χ1n) is 12.9. The minimum atomic E-state index is -1.08. The topological polar surface area (TPSA) is 131 Å². The van der Waals surface area contributed by atoms with E-state index in [1.54, 1.807) is 18.6 Å². The Morgan fingerprint density at radius 2 is 1.68 bits per heavy atom. The average Bonchev–Trinajstić information content (AvgIpc) is 3.56. The van der Waals surface area contributed by atoms with Crippen LogP contribution in [-0.4, -0.2) is 35.8 Å². The van der Waals surface area contributed by atoms with Crippen LogP contribution in [0.4, 0.5) is 0 Å². The number of pyridine rings is 3. The molecule has 0 bridgehead atoms. The molecule has 0 saturated carbocycles. The lowest BCUT2D eigenvalue weighted by molar-refractivity contribution is 0.0697. The number of carboxylic acid groups (broad SMARTS) is 1. The number of hydrogen-bond acceptors (Lipinski definition) is 7. The summed E-state index contributed by atoms with van der Waals surface area (Å²) in [6.45, 7) is 5.76. The molecule has 0 radical (unpaired) electrons. The largest absolute Gasteiger partial charge is 0.478 e. The van der Waals surface area contributed by atoms with Crippen molar-refractivity contribution in [3.05, 3.63) is 119 Å². The van der Waals surface area contributed by atoms with Crippen LogP contribution in [0, 0.1) is 25.2 Å². The molecule has 5 aromatic heterocycles. The van der Waals surface area contributed by atoms with E-state index < -0.39 is 11.5 Å². The standard InChI is InChI=1S/C32H24N6O3/c1-19-29(20(2)41-37-19)23-15-26-30(36-17-23)25(24-14-21(31(39)40)10-11-22(24)16-33)18-38(26)32(3,27-8-4-6-12-34-27)28-9-5-7-13-35-28/h4-15,17-18H,1-3H3,(H,39,40). The van der Waals surface area contributed by atoms with Gasteiger partial charge in [-0.05, 0) is 69.3 Å². The highest BCUT2D eigenvalue weighted by molar-refractivity contribution is 5.98. The lowest BCUT2D eigenvalue weighted by Crippen LogP contribution is -2.34. The first-order valence-corrected chi connectivity index (χ1v) is 12.9. The summed E-state index contributed by atoms with van der Waals surface area (Å²) >= 11 is 0. The molecule has 0 saturated heterocycles.